The first kappa shape index (κ1) is 9.31. The third-order valence-electron chi connectivity index (χ3n) is 1.58. The third kappa shape index (κ3) is 1.69. The zero-order chi connectivity index (χ0) is 9.14. The van der Waals surface area contributed by atoms with Crippen molar-refractivity contribution in [3.05, 3.63) is 29.3 Å². The molecule has 0 saturated carbocycles. The van der Waals surface area contributed by atoms with Gasteiger partial charge >= 0.3 is 5.97 Å². The standard InChI is InChI=1S/C8H8INO2/c9-4-6-5(8(11)12)2-1-3-7(6)10/h1-3H,4,10H2,(H,11,12). The maximum atomic E-state index is 10.7. The number of carboxylic acid groups (broad SMARTS) is 1. The van der Waals surface area contributed by atoms with Gasteiger partial charge in [0.15, 0.2) is 0 Å². The predicted octanol–water partition coefficient (Wildman–Crippen LogP) is 1.90. The predicted molar refractivity (Wildman–Crippen MR) is 55.5 cm³/mol. The van der Waals surface area contributed by atoms with Gasteiger partial charge in [-0.2, -0.15) is 0 Å². The van der Waals surface area contributed by atoms with E-state index in [1.54, 1.807) is 18.2 Å². The Morgan fingerprint density at radius 3 is 2.67 bits per heavy atom. The molecule has 0 atom stereocenters. The van der Waals surface area contributed by atoms with Crippen LogP contribution < -0.4 is 5.73 Å². The Bertz CT molecular complexity index is 312. The molecule has 0 fully saturated rings. The molecule has 0 aromatic heterocycles. The van der Waals surface area contributed by atoms with E-state index in [-0.39, 0.29) is 0 Å². The summed E-state index contributed by atoms with van der Waals surface area (Å²) >= 11 is 2.09. The smallest absolute Gasteiger partial charge is 0.336 e. The molecule has 0 aliphatic heterocycles. The first-order chi connectivity index (χ1) is 5.66. The van der Waals surface area contributed by atoms with Gasteiger partial charge in [0.1, 0.15) is 0 Å². The topological polar surface area (TPSA) is 63.3 Å². The molecule has 0 heterocycles. The summed E-state index contributed by atoms with van der Waals surface area (Å²) in [6.07, 6.45) is 0. The van der Waals surface area contributed by atoms with Crippen molar-refractivity contribution < 1.29 is 9.90 Å². The van der Waals surface area contributed by atoms with Crippen molar-refractivity contribution in [2.24, 2.45) is 0 Å². The fourth-order valence-electron chi connectivity index (χ4n) is 0.954. The van der Waals surface area contributed by atoms with E-state index >= 15 is 0 Å². The number of hydrogen-bond acceptors (Lipinski definition) is 2. The van der Waals surface area contributed by atoms with Gasteiger partial charge in [-0.25, -0.2) is 4.79 Å². The van der Waals surface area contributed by atoms with Gasteiger partial charge in [0.25, 0.3) is 0 Å². The van der Waals surface area contributed by atoms with E-state index in [0.29, 0.717) is 21.2 Å². The fourth-order valence-corrected chi connectivity index (χ4v) is 1.81. The number of benzene rings is 1. The number of hydrogen-bond donors (Lipinski definition) is 2. The van der Waals surface area contributed by atoms with Crippen LogP contribution in [0.25, 0.3) is 0 Å². The minimum atomic E-state index is -0.922. The lowest BCUT2D eigenvalue weighted by molar-refractivity contribution is 0.0696. The van der Waals surface area contributed by atoms with Gasteiger partial charge in [-0.05, 0) is 17.7 Å². The Morgan fingerprint density at radius 2 is 2.25 bits per heavy atom. The molecule has 64 valence electrons. The molecule has 1 rings (SSSR count). The molecule has 0 aliphatic carbocycles. The molecule has 0 bridgehead atoms. The van der Waals surface area contributed by atoms with Gasteiger partial charge in [-0.15, -0.1) is 0 Å². The third-order valence-corrected chi connectivity index (χ3v) is 2.34. The van der Waals surface area contributed by atoms with Crippen molar-refractivity contribution in [1.29, 1.82) is 0 Å². The quantitative estimate of drug-likeness (QED) is 0.493. The summed E-state index contributed by atoms with van der Waals surface area (Å²) in [4.78, 5) is 10.7. The monoisotopic (exact) mass is 277 g/mol. The van der Waals surface area contributed by atoms with E-state index in [1.807, 2.05) is 0 Å². The van der Waals surface area contributed by atoms with Crippen LogP contribution in [0.3, 0.4) is 0 Å². The number of rotatable bonds is 2. The van der Waals surface area contributed by atoms with E-state index in [9.17, 15) is 4.79 Å². The SMILES string of the molecule is Nc1cccc(C(=O)O)c1CI. The average molecular weight is 277 g/mol. The van der Waals surface area contributed by atoms with E-state index < -0.39 is 5.97 Å². The van der Waals surface area contributed by atoms with Crippen LogP contribution in [-0.2, 0) is 4.43 Å². The zero-order valence-electron chi connectivity index (χ0n) is 6.25. The molecular weight excluding hydrogens is 269 g/mol. The van der Waals surface area contributed by atoms with Crippen LogP contribution in [0.4, 0.5) is 5.69 Å². The molecule has 0 unspecified atom stereocenters. The van der Waals surface area contributed by atoms with E-state index in [0.717, 1.165) is 0 Å². The van der Waals surface area contributed by atoms with Gasteiger partial charge in [0.2, 0.25) is 0 Å². The number of nitrogen functional groups attached to an aromatic ring is 1. The zero-order valence-corrected chi connectivity index (χ0v) is 8.41. The molecule has 1 aromatic rings. The Kier molecular flexibility index (Phi) is 2.91. The van der Waals surface area contributed by atoms with Gasteiger partial charge in [-0.3, -0.25) is 0 Å². The lowest BCUT2D eigenvalue weighted by Crippen LogP contribution is -2.03. The second kappa shape index (κ2) is 3.75. The molecule has 1 aromatic carbocycles. The van der Waals surface area contributed by atoms with Crippen LogP contribution in [0.2, 0.25) is 0 Å². The van der Waals surface area contributed by atoms with Crippen LogP contribution in [-0.4, -0.2) is 11.1 Å². The van der Waals surface area contributed by atoms with Crippen molar-refractivity contribution >= 4 is 34.2 Å². The molecular formula is C8H8INO2. The van der Waals surface area contributed by atoms with Gasteiger partial charge in [0, 0.05) is 10.1 Å². The Balaban J connectivity index is 3.27. The summed E-state index contributed by atoms with van der Waals surface area (Å²) in [6, 6.07) is 4.92. The average Bonchev–Trinajstić information content (AvgIpc) is 2.03. The number of anilines is 1. The Labute approximate surface area is 83.7 Å². The van der Waals surface area contributed by atoms with Crippen molar-refractivity contribution in [1.82, 2.24) is 0 Å². The van der Waals surface area contributed by atoms with Crippen LogP contribution in [0.1, 0.15) is 15.9 Å². The highest BCUT2D eigenvalue weighted by molar-refractivity contribution is 14.1. The van der Waals surface area contributed by atoms with E-state index in [4.69, 9.17) is 10.8 Å². The maximum absolute atomic E-state index is 10.7. The van der Waals surface area contributed by atoms with Crippen LogP contribution in [0, 0.1) is 0 Å². The van der Waals surface area contributed by atoms with Gasteiger partial charge in [-0.1, -0.05) is 28.7 Å². The highest BCUT2D eigenvalue weighted by atomic mass is 127. The fraction of sp³-hybridized carbons (Fsp3) is 0.125. The molecule has 4 heteroatoms. The van der Waals surface area contributed by atoms with Crippen molar-refractivity contribution in [2.75, 3.05) is 5.73 Å². The van der Waals surface area contributed by atoms with Crippen molar-refractivity contribution in [3.63, 3.8) is 0 Å². The molecule has 0 saturated heterocycles. The van der Waals surface area contributed by atoms with E-state index in [2.05, 4.69) is 22.6 Å². The highest BCUT2D eigenvalue weighted by Crippen LogP contribution is 2.19. The van der Waals surface area contributed by atoms with E-state index in [1.165, 1.54) is 0 Å². The highest BCUT2D eigenvalue weighted by Gasteiger charge is 2.10. The Morgan fingerprint density at radius 1 is 1.58 bits per heavy atom. The second-order valence-electron chi connectivity index (χ2n) is 2.31. The molecule has 0 radical (unpaired) electrons. The number of carboxylic acids is 1. The largest absolute Gasteiger partial charge is 0.478 e. The van der Waals surface area contributed by atoms with Gasteiger partial charge in [0.05, 0.1) is 5.56 Å². The summed E-state index contributed by atoms with van der Waals surface area (Å²) in [5.41, 5.74) is 7.14. The maximum Gasteiger partial charge on any atom is 0.336 e. The molecule has 12 heavy (non-hydrogen) atoms. The number of halogens is 1. The first-order valence-corrected chi connectivity index (χ1v) is 4.86. The summed E-state index contributed by atoms with van der Waals surface area (Å²) < 4.78 is 0.617. The molecule has 0 amide bonds. The summed E-state index contributed by atoms with van der Waals surface area (Å²) in [5.74, 6) is -0.922. The molecule has 0 spiro atoms. The molecule has 3 N–H and O–H groups in total. The number of alkyl halides is 1. The number of carbonyl (C=O) groups is 1. The molecule has 3 nitrogen and oxygen atoms in total. The minimum absolute atomic E-state index is 0.296. The van der Waals surface area contributed by atoms with Crippen molar-refractivity contribution in [2.45, 2.75) is 4.43 Å². The number of nitrogens with two attached hydrogens (primary N) is 1. The second-order valence-corrected chi connectivity index (χ2v) is 3.07. The number of aromatic carboxylic acids is 1. The van der Waals surface area contributed by atoms with Crippen LogP contribution >= 0.6 is 22.6 Å². The lowest BCUT2D eigenvalue weighted by Gasteiger charge is -2.04. The minimum Gasteiger partial charge on any atom is -0.478 e. The van der Waals surface area contributed by atoms with Crippen LogP contribution in [0.5, 0.6) is 0 Å². The summed E-state index contributed by atoms with van der Waals surface area (Å²) in [7, 11) is 0. The van der Waals surface area contributed by atoms with Gasteiger partial charge < -0.3 is 10.8 Å². The Hall–Kier alpha value is -0.780. The molecule has 0 aliphatic rings. The lowest BCUT2D eigenvalue weighted by atomic mass is 10.1. The van der Waals surface area contributed by atoms with Crippen molar-refractivity contribution in [3.8, 4) is 0 Å². The summed E-state index contributed by atoms with van der Waals surface area (Å²) in [6.45, 7) is 0. The van der Waals surface area contributed by atoms with Crippen LogP contribution in [0.15, 0.2) is 18.2 Å². The first-order valence-electron chi connectivity index (χ1n) is 3.33. The normalized spacial score (nSPS) is 9.75. The summed E-state index contributed by atoms with van der Waals surface area (Å²) in [5, 5.41) is 8.76.